The molecule has 0 amide bonds. The van der Waals surface area contributed by atoms with E-state index in [9.17, 15) is 0 Å². The van der Waals surface area contributed by atoms with Crippen LogP contribution in [0.4, 0.5) is 0 Å². The van der Waals surface area contributed by atoms with Crippen LogP contribution >= 0.6 is 24.0 Å². The molecule has 0 aromatic carbocycles. The first-order chi connectivity index (χ1) is 8.94. The van der Waals surface area contributed by atoms with Gasteiger partial charge in [-0.25, -0.2) is 0 Å². The SMILES string of the molecule is CN=C(NCCOCCC(C)C)N1CCC(C)(C)C1.I. The molecule has 1 fully saturated rings. The minimum Gasteiger partial charge on any atom is -0.380 e. The number of aliphatic imine (C=N–C) groups is 1. The minimum atomic E-state index is 0. The summed E-state index contributed by atoms with van der Waals surface area (Å²) >= 11 is 0. The Kier molecular flexibility index (Phi) is 9.80. The number of rotatable bonds is 6. The van der Waals surface area contributed by atoms with Crippen LogP contribution in [0.5, 0.6) is 0 Å². The fraction of sp³-hybridized carbons (Fsp3) is 0.933. The molecule has 0 aliphatic carbocycles. The molecule has 0 spiro atoms. The molecular formula is C15H32IN3O. The number of guanidine groups is 1. The molecule has 120 valence electrons. The van der Waals surface area contributed by atoms with E-state index in [1.54, 1.807) is 0 Å². The molecule has 5 heteroatoms. The van der Waals surface area contributed by atoms with Gasteiger partial charge in [-0.1, -0.05) is 27.7 Å². The zero-order valence-electron chi connectivity index (χ0n) is 13.7. The number of nitrogens with one attached hydrogen (secondary N) is 1. The highest BCUT2D eigenvalue weighted by Gasteiger charge is 2.30. The molecule has 1 N–H and O–H groups in total. The normalized spacial score (nSPS) is 18.3. The highest BCUT2D eigenvalue weighted by Crippen LogP contribution is 2.28. The monoisotopic (exact) mass is 397 g/mol. The fourth-order valence-corrected chi connectivity index (χ4v) is 2.28. The molecule has 0 aromatic rings. The van der Waals surface area contributed by atoms with E-state index in [-0.39, 0.29) is 24.0 Å². The fourth-order valence-electron chi connectivity index (χ4n) is 2.28. The van der Waals surface area contributed by atoms with E-state index in [4.69, 9.17) is 4.74 Å². The first-order valence-electron chi connectivity index (χ1n) is 7.48. The molecule has 0 unspecified atom stereocenters. The third kappa shape index (κ3) is 7.67. The van der Waals surface area contributed by atoms with Crippen LogP contribution in [0.3, 0.4) is 0 Å². The van der Waals surface area contributed by atoms with Gasteiger partial charge in [-0.2, -0.15) is 0 Å². The van der Waals surface area contributed by atoms with Crippen molar-refractivity contribution in [3.8, 4) is 0 Å². The molecule has 0 atom stereocenters. The number of hydrogen-bond donors (Lipinski definition) is 1. The van der Waals surface area contributed by atoms with E-state index in [1.807, 2.05) is 7.05 Å². The molecule has 0 radical (unpaired) electrons. The van der Waals surface area contributed by atoms with Crippen molar-refractivity contribution in [3.63, 3.8) is 0 Å². The first-order valence-corrected chi connectivity index (χ1v) is 7.48. The van der Waals surface area contributed by atoms with Crippen LogP contribution in [-0.4, -0.2) is 50.8 Å². The second kappa shape index (κ2) is 9.82. The Hall–Kier alpha value is -0.0400. The van der Waals surface area contributed by atoms with Crippen molar-refractivity contribution in [1.29, 1.82) is 0 Å². The number of ether oxygens (including phenoxy) is 1. The zero-order valence-corrected chi connectivity index (χ0v) is 16.1. The lowest BCUT2D eigenvalue weighted by atomic mass is 9.93. The van der Waals surface area contributed by atoms with Crippen LogP contribution in [0.15, 0.2) is 4.99 Å². The summed E-state index contributed by atoms with van der Waals surface area (Å²) in [6.07, 6.45) is 2.37. The summed E-state index contributed by atoms with van der Waals surface area (Å²) in [5, 5.41) is 3.39. The van der Waals surface area contributed by atoms with Gasteiger partial charge in [0.25, 0.3) is 0 Å². The molecule has 1 aliphatic heterocycles. The average molecular weight is 397 g/mol. The summed E-state index contributed by atoms with van der Waals surface area (Å²) in [6.45, 7) is 13.7. The Morgan fingerprint density at radius 2 is 2.05 bits per heavy atom. The summed E-state index contributed by atoms with van der Waals surface area (Å²) in [5.41, 5.74) is 0.408. The summed E-state index contributed by atoms with van der Waals surface area (Å²) in [4.78, 5) is 6.70. The van der Waals surface area contributed by atoms with Gasteiger partial charge < -0.3 is 15.0 Å². The van der Waals surface area contributed by atoms with Crippen molar-refractivity contribution in [2.75, 3.05) is 39.9 Å². The zero-order chi connectivity index (χ0) is 14.3. The molecular weight excluding hydrogens is 365 g/mol. The largest absolute Gasteiger partial charge is 0.380 e. The van der Waals surface area contributed by atoms with Crippen LogP contribution < -0.4 is 5.32 Å². The quantitative estimate of drug-likeness (QED) is 0.324. The predicted molar refractivity (Wildman–Crippen MR) is 97.0 cm³/mol. The van der Waals surface area contributed by atoms with Gasteiger partial charge in [-0.3, -0.25) is 4.99 Å². The molecule has 1 heterocycles. The summed E-state index contributed by atoms with van der Waals surface area (Å²) < 4.78 is 5.61. The van der Waals surface area contributed by atoms with Gasteiger partial charge >= 0.3 is 0 Å². The standard InChI is InChI=1S/C15H31N3O.HI/c1-13(2)6-10-19-11-8-17-14(16-5)18-9-7-15(3,4)12-18;/h13H,6-12H2,1-5H3,(H,16,17);1H. The molecule has 4 nitrogen and oxygen atoms in total. The number of nitrogens with zero attached hydrogens (tertiary/aromatic N) is 2. The van der Waals surface area contributed by atoms with Gasteiger partial charge in [0.05, 0.1) is 6.61 Å². The smallest absolute Gasteiger partial charge is 0.193 e. The third-order valence-electron chi connectivity index (χ3n) is 3.56. The van der Waals surface area contributed by atoms with E-state index in [2.05, 4.69) is 42.9 Å². The van der Waals surface area contributed by atoms with Crippen LogP contribution in [0.25, 0.3) is 0 Å². The van der Waals surface area contributed by atoms with E-state index >= 15 is 0 Å². The molecule has 1 rings (SSSR count). The summed E-state index contributed by atoms with van der Waals surface area (Å²) in [5.74, 6) is 1.73. The molecule has 1 aliphatic rings. The van der Waals surface area contributed by atoms with Crippen LogP contribution in [-0.2, 0) is 4.74 Å². The highest BCUT2D eigenvalue weighted by atomic mass is 127. The maximum atomic E-state index is 5.61. The Balaban J connectivity index is 0.00000361. The van der Waals surface area contributed by atoms with Crippen molar-refractivity contribution < 1.29 is 4.74 Å². The van der Waals surface area contributed by atoms with Gasteiger partial charge in [0.15, 0.2) is 5.96 Å². The van der Waals surface area contributed by atoms with Crippen LogP contribution in [0, 0.1) is 11.3 Å². The van der Waals surface area contributed by atoms with Crippen LogP contribution in [0.2, 0.25) is 0 Å². The number of hydrogen-bond acceptors (Lipinski definition) is 2. The van der Waals surface area contributed by atoms with Gasteiger partial charge in [-0.15, -0.1) is 24.0 Å². The molecule has 0 aromatic heterocycles. The Morgan fingerprint density at radius 1 is 1.35 bits per heavy atom. The van der Waals surface area contributed by atoms with Crippen molar-refractivity contribution in [3.05, 3.63) is 0 Å². The lowest BCUT2D eigenvalue weighted by molar-refractivity contribution is 0.127. The maximum Gasteiger partial charge on any atom is 0.193 e. The molecule has 20 heavy (non-hydrogen) atoms. The lowest BCUT2D eigenvalue weighted by Crippen LogP contribution is -2.42. The van der Waals surface area contributed by atoms with Crippen molar-refractivity contribution >= 4 is 29.9 Å². The topological polar surface area (TPSA) is 36.9 Å². The first kappa shape index (κ1) is 20.0. The Morgan fingerprint density at radius 3 is 2.55 bits per heavy atom. The summed E-state index contributed by atoms with van der Waals surface area (Å²) in [7, 11) is 1.85. The Labute approximate surface area is 141 Å². The highest BCUT2D eigenvalue weighted by molar-refractivity contribution is 14.0. The minimum absolute atomic E-state index is 0. The van der Waals surface area contributed by atoms with Crippen LogP contribution in [0.1, 0.15) is 40.5 Å². The molecule has 0 saturated carbocycles. The number of likely N-dealkylation sites (tertiary alicyclic amines) is 1. The molecule has 0 bridgehead atoms. The number of halogens is 1. The van der Waals surface area contributed by atoms with Crippen molar-refractivity contribution in [1.82, 2.24) is 10.2 Å². The van der Waals surface area contributed by atoms with Crippen molar-refractivity contribution in [2.45, 2.75) is 40.5 Å². The lowest BCUT2D eigenvalue weighted by Gasteiger charge is -2.23. The second-order valence-electron chi connectivity index (χ2n) is 6.60. The van der Waals surface area contributed by atoms with E-state index in [0.29, 0.717) is 11.3 Å². The van der Waals surface area contributed by atoms with Crippen molar-refractivity contribution in [2.24, 2.45) is 16.3 Å². The third-order valence-corrected chi connectivity index (χ3v) is 3.56. The van der Waals surface area contributed by atoms with Gasteiger partial charge in [-0.05, 0) is 24.2 Å². The average Bonchev–Trinajstić information content (AvgIpc) is 2.68. The second-order valence-corrected chi connectivity index (χ2v) is 6.60. The van der Waals surface area contributed by atoms with Gasteiger partial charge in [0.1, 0.15) is 0 Å². The van der Waals surface area contributed by atoms with Gasteiger partial charge in [0.2, 0.25) is 0 Å². The van der Waals surface area contributed by atoms with Gasteiger partial charge in [0, 0.05) is 33.3 Å². The van der Waals surface area contributed by atoms with E-state index in [0.717, 1.165) is 45.2 Å². The van der Waals surface area contributed by atoms with E-state index < -0.39 is 0 Å². The maximum absolute atomic E-state index is 5.61. The summed E-state index contributed by atoms with van der Waals surface area (Å²) in [6, 6.07) is 0. The van der Waals surface area contributed by atoms with E-state index in [1.165, 1.54) is 6.42 Å². The molecule has 1 saturated heterocycles. The Bertz CT molecular complexity index is 293. The predicted octanol–water partition coefficient (Wildman–Crippen LogP) is 2.97.